The molecule has 4 rings (SSSR count). The Balaban J connectivity index is 1.50. The zero-order chi connectivity index (χ0) is 21.3. The third-order valence-electron chi connectivity index (χ3n) is 5.30. The van der Waals surface area contributed by atoms with E-state index in [4.69, 9.17) is 4.42 Å². The summed E-state index contributed by atoms with van der Waals surface area (Å²) in [6.45, 7) is 6.42. The smallest absolute Gasteiger partial charge is 0.227 e. The molecule has 7 nitrogen and oxygen atoms in total. The van der Waals surface area contributed by atoms with Gasteiger partial charge in [0.1, 0.15) is 11.5 Å². The summed E-state index contributed by atoms with van der Waals surface area (Å²) < 4.78 is 7.18. The molecule has 7 heteroatoms. The van der Waals surface area contributed by atoms with Crippen LogP contribution in [0, 0.1) is 25.7 Å². The molecule has 0 spiro atoms. The highest BCUT2D eigenvalue weighted by molar-refractivity contribution is 5.91. The first-order valence-electron chi connectivity index (χ1n) is 10.2. The number of amides is 2. The van der Waals surface area contributed by atoms with Gasteiger partial charge in [0.05, 0.1) is 12.0 Å². The van der Waals surface area contributed by atoms with Gasteiger partial charge < -0.3 is 15.1 Å². The van der Waals surface area contributed by atoms with Crippen molar-refractivity contribution in [3.63, 3.8) is 0 Å². The minimum Gasteiger partial charge on any atom is -0.463 e. The number of nitrogens with zero attached hydrogens (tertiary/aromatic N) is 2. The van der Waals surface area contributed by atoms with Crippen molar-refractivity contribution >= 4 is 17.6 Å². The largest absolute Gasteiger partial charge is 0.463 e. The maximum absolute atomic E-state index is 12.5. The van der Waals surface area contributed by atoms with E-state index in [9.17, 15) is 9.59 Å². The second-order valence-corrected chi connectivity index (χ2v) is 8.06. The van der Waals surface area contributed by atoms with Crippen molar-refractivity contribution in [2.75, 3.05) is 11.9 Å². The molecule has 1 aliphatic carbocycles. The Morgan fingerprint density at radius 2 is 1.93 bits per heavy atom. The van der Waals surface area contributed by atoms with Gasteiger partial charge in [0, 0.05) is 24.9 Å². The van der Waals surface area contributed by atoms with Gasteiger partial charge in [0.15, 0.2) is 5.76 Å². The van der Waals surface area contributed by atoms with Crippen LogP contribution in [0.2, 0.25) is 0 Å². The number of hydrogen-bond donors (Lipinski definition) is 2. The number of rotatable bonds is 7. The molecule has 156 valence electrons. The summed E-state index contributed by atoms with van der Waals surface area (Å²) in [5.74, 6) is 1.59. The van der Waals surface area contributed by atoms with Gasteiger partial charge in [-0.3, -0.25) is 9.59 Å². The first kappa shape index (κ1) is 19.9. The number of aromatic nitrogens is 2. The van der Waals surface area contributed by atoms with E-state index in [-0.39, 0.29) is 24.2 Å². The fourth-order valence-electron chi connectivity index (χ4n) is 3.61. The summed E-state index contributed by atoms with van der Waals surface area (Å²) in [7, 11) is 0. The molecular weight excluding hydrogens is 380 g/mol. The van der Waals surface area contributed by atoms with Crippen LogP contribution in [0.4, 0.5) is 5.82 Å². The highest BCUT2D eigenvalue weighted by Gasteiger charge is 2.38. The van der Waals surface area contributed by atoms with Crippen molar-refractivity contribution in [3.8, 4) is 17.1 Å². The number of carbonyl (C=O) groups is 2. The third-order valence-corrected chi connectivity index (χ3v) is 5.30. The van der Waals surface area contributed by atoms with Crippen molar-refractivity contribution in [3.05, 3.63) is 53.8 Å². The standard InChI is InChI=1S/C23H26N4O3/c1-14-9-15(2)11-17(10-14)27-21(13-19(26-27)20-5-4-8-30-20)25-22(28)6-7-24-23(29)18-12-16(18)3/h4-5,8-11,13,16,18H,6-7,12H2,1-3H3,(H,24,29)(H,25,28)/t16-,18-/m0/s1. The molecule has 30 heavy (non-hydrogen) atoms. The molecule has 2 heterocycles. The van der Waals surface area contributed by atoms with Crippen molar-refractivity contribution in [2.45, 2.75) is 33.6 Å². The van der Waals surface area contributed by atoms with Crippen LogP contribution in [0.3, 0.4) is 0 Å². The Labute approximate surface area is 175 Å². The van der Waals surface area contributed by atoms with E-state index in [1.165, 1.54) is 0 Å². The van der Waals surface area contributed by atoms with E-state index in [2.05, 4.69) is 28.7 Å². The van der Waals surface area contributed by atoms with Crippen molar-refractivity contribution in [1.29, 1.82) is 0 Å². The van der Waals surface area contributed by atoms with E-state index in [0.717, 1.165) is 23.2 Å². The van der Waals surface area contributed by atoms with Gasteiger partial charge in [-0.05, 0) is 61.6 Å². The molecule has 2 atom stereocenters. The van der Waals surface area contributed by atoms with Gasteiger partial charge >= 0.3 is 0 Å². The minimum atomic E-state index is -0.185. The number of benzene rings is 1. The summed E-state index contributed by atoms with van der Waals surface area (Å²) in [4.78, 5) is 24.5. The van der Waals surface area contributed by atoms with Crippen LogP contribution in [0.1, 0.15) is 30.9 Å². The Morgan fingerprint density at radius 1 is 1.20 bits per heavy atom. The third kappa shape index (κ3) is 4.45. The molecule has 2 amide bonds. The van der Waals surface area contributed by atoms with Gasteiger partial charge in [-0.2, -0.15) is 5.10 Å². The molecule has 0 unspecified atom stereocenters. The van der Waals surface area contributed by atoms with Crippen molar-refractivity contribution in [2.24, 2.45) is 11.8 Å². The van der Waals surface area contributed by atoms with Gasteiger partial charge in [0.25, 0.3) is 0 Å². The minimum absolute atomic E-state index is 0.0377. The Hall–Kier alpha value is -3.35. The fraction of sp³-hybridized carbons (Fsp3) is 0.348. The van der Waals surface area contributed by atoms with Gasteiger partial charge in [-0.25, -0.2) is 4.68 Å². The van der Waals surface area contributed by atoms with Crippen LogP contribution in [0.15, 0.2) is 47.1 Å². The molecule has 0 radical (unpaired) electrons. The van der Waals surface area contributed by atoms with E-state index >= 15 is 0 Å². The Morgan fingerprint density at radius 3 is 2.57 bits per heavy atom. The summed E-state index contributed by atoms with van der Waals surface area (Å²) >= 11 is 0. The first-order chi connectivity index (χ1) is 14.4. The van der Waals surface area contributed by atoms with Crippen LogP contribution in [-0.2, 0) is 9.59 Å². The second kappa shape index (κ2) is 8.18. The molecule has 0 aliphatic heterocycles. The Bertz CT molecular complexity index is 1050. The average molecular weight is 406 g/mol. The molecular formula is C23H26N4O3. The number of aryl methyl sites for hydroxylation is 2. The lowest BCUT2D eigenvalue weighted by Crippen LogP contribution is -2.29. The van der Waals surface area contributed by atoms with E-state index in [1.807, 2.05) is 32.0 Å². The molecule has 1 saturated carbocycles. The van der Waals surface area contributed by atoms with Crippen LogP contribution in [0.25, 0.3) is 17.1 Å². The zero-order valence-corrected chi connectivity index (χ0v) is 17.4. The normalized spacial score (nSPS) is 17.6. The molecule has 3 aromatic rings. The summed E-state index contributed by atoms with van der Waals surface area (Å²) in [6.07, 6.45) is 2.72. The van der Waals surface area contributed by atoms with Crippen LogP contribution in [0.5, 0.6) is 0 Å². The van der Waals surface area contributed by atoms with E-state index in [1.54, 1.807) is 23.1 Å². The highest BCUT2D eigenvalue weighted by Crippen LogP contribution is 2.37. The van der Waals surface area contributed by atoms with Gasteiger partial charge in [-0.15, -0.1) is 0 Å². The summed E-state index contributed by atoms with van der Waals surface area (Å²) in [6, 6.07) is 11.5. The van der Waals surface area contributed by atoms with Crippen LogP contribution >= 0.6 is 0 Å². The average Bonchev–Trinajstić information content (AvgIpc) is 3.09. The lowest BCUT2D eigenvalue weighted by atomic mass is 10.1. The van der Waals surface area contributed by atoms with E-state index < -0.39 is 0 Å². The first-order valence-corrected chi connectivity index (χ1v) is 10.2. The quantitative estimate of drug-likeness (QED) is 0.624. The van der Waals surface area contributed by atoms with Crippen molar-refractivity contribution in [1.82, 2.24) is 15.1 Å². The summed E-state index contributed by atoms with van der Waals surface area (Å²) in [5, 5.41) is 10.4. The number of carbonyl (C=O) groups excluding carboxylic acids is 2. The molecule has 1 aliphatic rings. The van der Waals surface area contributed by atoms with Crippen LogP contribution in [-0.4, -0.2) is 28.1 Å². The monoisotopic (exact) mass is 406 g/mol. The maximum atomic E-state index is 12.5. The van der Waals surface area contributed by atoms with Gasteiger partial charge in [0.2, 0.25) is 11.8 Å². The van der Waals surface area contributed by atoms with E-state index in [0.29, 0.717) is 29.7 Å². The molecule has 2 aromatic heterocycles. The van der Waals surface area contributed by atoms with Crippen molar-refractivity contribution < 1.29 is 14.0 Å². The maximum Gasteiger partial charge on any atom is 0.227 e. The predicted molar refractivity (Wildman–Crippen MR) is 114 cm³/mol. The highest BCUT2D eigenvalue weighted by atomic mass is 16.3. The fourth-order valence-corrected chi connectivity index (χ4v) is 3.61. The molecule has 2 N–H and O–H groups in total. The lowest BCUT2D eigenvalue weighted by molar-refractivity contribution is -0.122. The number of furan rings is 1. The summed E-state index contributed by atoms with van der Waals surface area (Å²) in [5.41, 5.74) is 3.70. The van der Waals surface area contributed by atoms with Gasteiger partial charge in [-0.1, -0.05) is 13.0 Å². The second-order valence-electron chi connectivity index (χ2n) is 8.06. The van der Waals surface area contributed by atoms with Crippen LogP contribution < -0.4 is 10.6 Å². The zero-order valence-electron chi connectivity index (χ0n) is 17.4. The SMILES string of the molecule is Cc1cc(C)cc(-n2nc(-c3ccco3)cc2NC(=O)CCNC(=O)[C@H]2C[C@@H]2C)c1. The number of anilines is 1. The molecule has 1 aromatic carbocycles. The molecule has 1 fully saturated rings. The molecule has 0 saturated heterocycles. The number of nitrogens with one attached hydrogen (secondary N) is 2. The lowest BCUT2D eigenvalue weighted by Gasteiger charge is -2.11. The predicted octanol–water partition coefficient (Wildman–Crippen LogP) is 3.85. The topological polar surface area (TPSA) is 89.2 Å². The number of hydrogen-bond acceptors (Lipinski definition) is 4. The Kier molecular flexibility index (Phi) is 5.44. The molecule has 0 bridgehead atoms.